The molecule has 0 aliphatic heterocycles. The molecule has 1 aromatic heterocycles. The van der Waals surface area contributed by atoms with Crippen molar-refractivity contribution in [2.24, 2.45) is 7.05 Å². The van der Waals surface area contributed by atoms with Crippen LogP contribution in [0.1, 0.15) is 19.2 Å². The van der Waals surface area contributed by atoms with Gasteiger partial charge in [-0.05, 0) is 24.6 Å². The lowest BCUT2D eigenvalue weighted by molar-refractivity contribution is 0.738. The van der Waals surface area contributed by atoms with Crippen LogP contribution in [0.15, 0.2) is 18.2 Å². The summed E-state index contributed by atoms with van der Waals surface area (Å²) in [6.45, 7) is 2.10. The average Bonchev–Trinajstić information content (AvgIpc) is 2.64. The fourth-order valence-corrected chi connectivity index (χ4v) is 1.90. The Hall–Kier alpha value is -1.55. The van der Waals surface area contributed by atoms with E-state index >= 15 is 0 Å². The summed E-state index contributed by atoms with van der Waals surface area (Å²) in [7, 11) is 1.86. The predicted octanol–water partition coefficient (Wildman–Crippen LogP) is 2.67. The van der Waals surface area contributed by atoms with Crippen LogP contribution in [0.2, 0.25) is 5.02 Å². The third-order valence-electron chi connectivity index (χ3n) is 2.54. The van der Waals surface area contributed by atoms with Gasteiger partial charge in [0.2, 0.25) is 0 Å². The van der Waals surface area contributed by atoms with Gasteiger partial charge in [-0.1, -0.05) is 18.5 Å². The first-order chi connectivity index (χ1) is 8.11. The number of aromatic nitrogens is 3. The lowest BCUT2D eigenvalue weighted by Crippen LogP contribution is -1.98. The van der Waals surface area contributed by atoms with Crippen LogP contribution in [0.5, 0.6) is 0 Å². The maximum Gasteiger partial charge on any atom is 0.160 e. The summed E-state index contributed by atoms with van der Waals surface area (Å²) in [5, 5.41) is 5.00. The van der Waals surface area contributed by atoms with E-state index in [1.165, 1.54) is 0 Å². The molecule has 0 saturated carbocycles. The van der Waals surface area contributed by atoms with Crippen LogP contribution < -0.4 is 5.73 Å². The zero-order valence-electron chi connectivity index (χ0n) is 9.94. The smallest absolute Gasteiger partial charge is 0.160 e. The van der Waals surface area contributed by atoms with Gasteiger partial charge in [-0.3, -0.25) is 0 Å². The number of benzene rings is 1. The number of nitrogen functional groups attached to an aromatic ring is 1. The van der Waals surface area contributed by atoms with E-state index in [-0.39, 0.29) is 0 Å². The molecule has 90 valence electrons. The van der Waals surface area contributed by atoms with Gasteiger partial charge in [-0.15, -0.1) is 0 Å². The van der Waals surface area contributed by atoms with Gasteiger partial charge in [0.1, 0.15) is 0 Å². The van der Waals surface area contributed by atoms with Gasteiger partial charge in [-0.25, -0.2) is 9.67 Å². The van der Waals surface area contributed by atoms with Crippen molar-refractivity contribution in [3.8, 4) is 11.4 Å². The maximum absolute atomic E-state index is 5.97. The fraction of sp³-hybridized carbons (Fsp3) is 0.333. The van der Waals surface area contributed by atoms with Crippen LogP contribution in [-0.4, -0.2) is 14.8 Å². The van der Waals surface area contributed by atoms with Crippen LogP contribution >= 0.6 is 11.6 Å². The minimum absolute atomic E-state index is 0.647. The molecule has 0 unspecified atom stereocenters. The van der Waals surface area contributed by atoms with Gasteiger partial charge in [-0.2, -0.15) is 5.10 Å². The van der Waals surface area contributed by atoms with Crippen molar-refractivity contribution >= 4 is 17.3 Å². The first-order valence-corrected chi connectivity index (χ1v) is 5.95. The highest BCUT2D eigenvalue weighted by atomic mass is 35.5. The van der Waals surface area contributed by atoms with E-state index < -0.39 is 0 Å². The molecule has 2 N–H and O–H groups in total. The molecule has 5 heteroatoms. The fourth-order valence-electron chi connectivity index (χ4n) is 1.72. The summed E-state index contributed by atoms with van der Waals surface area (Å²) >= 11 is 5.97. The van der Waals surface area contributed by atoms with Gasteiger partial charge >= 0.3 is 0 Å². The molecule has 2 aromatic rings. The third-order valence-corrected chi connectivity index (χ3v) is 2.77. The second-order valence-corrected chi connectivity index (χ2v) is 4.39. The normalized spacial score (nSPS) is 10.8. The molecule has 0 saturated heterocycles. The number of rotatable bonds is 3. The quantitative estimate of drug-likeness (QED) is 0.852. The number of anilines is 1. The van der Waals surface area contributed by atoms with Crippen molar-refractivity contribution in [2.75, 3.05) is 5.73 Å². The molecule has 2 rings (SSSR count). The Kier molecular flexibility index (Phi) is 3.33. The maximum atomic E-state index is 5.97. The van der Waals surface area contributed by atoms with Crippen molar-refractivity contribution in [2.45, 2.75) is 19.8 Å². The molecule has 4 nitrogen and oxygen atoms in total. The molecular formula is C12H15ClN4. The highest BCUT2D eigenvalue weighted by molar-refractivity contribution is 6.31. The zero-order chi connectivity index (χ0) is 12.4. The molecule has 0 fully saturated rings. The van der Waals surface area contributed by atoms with Crippen LogP contribution in [0.3, 0.4) is 0 Å². The molecule has 0 amide bonds. The molecule has 1 aromatic carbocycles. The first kappa shape index (κ1) is 11.9. The summed E-state index contributed by atoms with van der Waals surface area (Å²) in [5.74, 6) is 1.60. The minimum atomic E-state index is 0.647. The highest BCUT2D eigenvalue weighted by Crippen LogP contribution is 2.27. The largest absolute Gasteiger partial charge is 0.398 e. The van der Waals surface area contributed by atoms with Crippen molar-refractivity contribution in [1.29, 1.82) is 0 Å². The van der Waals surface area contributed by atoms with E-state index in [2.05, 4.69) is 17.0 Å². The lowest BCUT2D eigenvalue weighted by atomic mass is 10.1. The summed E-state index contributed by atoms with van der Waals surface area (Å²) in [4.78, 5) is 4.48. The number of hydrogen-bond donors (Lipinski definition) is 1. The van der Waals surface area contributed by atoms with Crippen molar-refractivity contribution in [3.05, 3.63) is 29.0 Å². The van der Waals surface area contributed by atoms with Crippen molar-refractivity contribution < 1.29 is 0 Å². The summed E-state index contributed by atoms with van der Waals surface area (Å²) in [5.41, 5.74) is 7.42. The standard InChI is InChI=1S/C12H15ClN4/c1-3-4-11-15-12(17(2)16-11)9-7-8(13)5-6-10(9)14/h5-7H,3-4,14H2,1-2H3. The number of hydrogen-bond acceptors (Lipinski definition) is 3. The number of halogens is 1. The summed E-state index contributed by atoms with van der Waals surface area (Å²) in [6.07, 6.45) is 1.89. The lowest BCUT2D eigenvalue weighted by Gasteiger charge is -2.04. The van der Waals surface area contributed by atoms with E-state index in [1.807, 2.05) is 13.1 Å². The molecule has 0 radical (unpaired) electrons. The second-order valence-electron chi connectivity index (χ2n) is 3.96. The number of nitrogens with zero attached hydrogens (tertiary/aromatic N) is 3. The van der Waals surface area contributed by atoms with E-state index in [1.54, 1.807) is 16.8 Å². The Morgan fingerprint density at radius 1 is 1.41 bits per heavy atom. The Morgan fingerprint density at radius 2 is 2.18 bits per heavy atom. The van der Waals surface area contributed by atoms with Crippen molar-refractivity contribution in [1.82, 2.24) is 14.8 Å². The third kappa shape index (κ3) is 2.42. The van der Waals surface area contributed by atoms with Gasteiger partial charge in [0.05, 0.1) is 0 Å². The molecular weight excluding hydrogens is 236 g/mol. The summed E-state index contributed by atoms with van der Waals surface area (Å²) < 4.78 is 1.74. The molecule has 0 aliphatic carbocycles. The highest BCUT2D eigenvalue weighted by Gasteiger charge is 2.12. The van der Waals surface area contributed by atoms with Crippen molar-refractivity contribution in [3.63, 3.8) is 0 Å². The molecule has 17 heavy (non-hydrogen) atoms. The van der Waals surface area contributed by atoms with Gasteiger partial charge in [0, 0.05) is 29.7 Å². The van der Waals surface area contributed by atoms with E-state index in [4.69, 9.17) is 17.3 Å². The Morgan fingerprint density at radius 3 is 2.88 bits per heavy atom. The number of nitrogens with two attached hydrogens (primary N) is 1. The Labute approximate surface area is 105 Å². The van der Waals surface area contributed by atoms with Crippen LogP contribution in [-0.2, 0) is 13.5 Å². The average molecular weight is 251 g/mol. The predicted molar refractivity (Wildman–Crippen MR) is 69.9 cm³/mol. The van der Waals surface area contributed by atoms with Gasteiger partial charge in [0.25, 0.3) is 0 Å². The molecule has 0 aliphatic rings. The van der Waals surface area contributed by atoms with E-state index in [0.717, 1.165) is 30.1 Å². The topological polar surface area (TPSA) is 56.7 Å². The molecule has 0 atom stereocenters. The summed E-state index contributed by atoms with van der Waals surface area (Å²) in [6, 6.07) is 5.37. The van der Waals surface area contributed by atoms with Crippen LogP contribution in [0.4, 0.5) is 5.69 Å². The monoisotopic (exact) mass is 250 g/mol. The second kappa shape index (κ2) is 4.75. The molecule has 0 spiro atoms. The minimum Gasteiger partial charge on any atom is -0.398 e. The first-order valence-electron chi connectivity index (χ1n) is 5.57. The van der Waals surface area contributed by atoms with Crippen LogP contribution in [0, 0.1) is 0 Å². The molecule has 1 heterocycles. The van der Waals surface area contributed by atoms with Crippen LogP contribution in [0.25, 0.3) is 11.4 Å². The van der Waals surface area contributed by atoms with E-state index in [9.17, 15) is 0 Å². The Bertz CT molecular complexity index is 533. The molecule has 0 bridgehead atoms. The van der Waals surface area contributed by atoms with Gasteiger partial charge in [0.15, 0.2) is 11.6 Å². The van der Waals surface area contributed by atoms with Gasteiger partial charge < -0.3 is 5.73 Å². The van der Waals surface area contributed by atoms with E-state index in [0.29, 0.717) is 10.7 Å². The Balaban J connectivity index is 2.48. The SMILES string of the molecule is CCCc1nc(-c2cc(Cl)ccc2N)n(C)n1. The number of aryl methyl sites for hydroxylation is 2. The zero-order valence-corrected chi connectivity index (χ0v) is 10.7.